The van der Waals surface area contributed by atoms with E-state index in [1.807, 2.05) is 0 Å². The minimum absolute atomic E-state index is 0.290. The van der Waals surface area contributed by atoms with Gasteiger partial charge in [-0.2, -0.15) is 0 Å². The zero-order valence-electron chi connectivity index (χ0n) is 7.70. The van der Waals surface area contributed by atoms with Crippen molar-refractivity contribution >= 4 is 5.97 Å². The number of hydrogen-bond acceptors (Lipinski definition) is 3. The summed E-state index contributed by atoms with van der Waals surface area (Å²) >= 11 is 0. The molecule has 0 saturated heterocycles. The van der Waals surface area contributed by atoms with Crippen molar-refractivity contribution in [2.75, 3.05) is 0 Å². The van der Waals surface area contributed by atoms with E-state index in [0.29, 0.717) is 5.56 Å². The Hall–Kier alpha value is -1.49. The van der Waals surface area contributed by atoms with Gasteiger partial charge in [0.15, 0.2) is 0 Å². The van der Waals surface area contributed by atoms with Crippen molar-refractivity contribution < 1.29 is 14.3 Å². The summed E-state index contributed by atoms with van der Waals surface area (Å²) in [5.41, 5.74) is 0.623. The van der Waals surface area contributed by atoms with Crippen LogP contribution >= 0.6 is 0 Å². The maximum atomic E-state index is 12.6. The molecule has 0 spiro atoms. The minimum Gasteiger partial charge on any atom is -0.480 e. The molecular weight excluding hydrogens is 187 g/mol. The third-order valence-corrected chi connectivity index (χ3v) is 1.74. The highest BCUT2D eigenvalue weighted by molar-refractivity contribution is 5.72. The van der Waals surface area contributed by atoms with Gasteiger partial charge < -0.3 is 10.4 Å². The van der Waals surface area contributed by atoms with Crippen LogP contribution < -0.4 is 5.32 Å². The molecule has 0 fully saturated rings. The Morgan fingerprint density at radius 1 is 1.71 bits per heavy atom. The van der Waals surface area contributed by atoms with E-state index >= 15 is 0 Å². The number of nitrogens with one attached hydrogen (secondary N) is 1. The number of aliphatic carboxylic acids is 1. The minimum atomic E-state index is -0.936. The Labute approximate surface area is 80.8 Å². The van der Waals surface area contributed by atoms with Gasteiger partial charge in [-0.3, -0.25) is 9.78 Å². The summed E-state index contributed by atoms with van der Waals surface area (Å²) in [6, 6.07) is 0.660. The maximum Gasteiger partial charge on any atom is 0.320 e. The molecule has 1 atom stereocenters. The predicted molar refractivity (Wildman–Crippen MR) is 48.1 cm³/mol. The Bertz CT molecular complexity index is 330. The van der Waals surface area contributed by atoms with Crippen molar-refractivity contribution in [1.29, 1.82) is 0 Å². The summed E-state index contributed by atoms with van der Waals surface area (Å²) in [5, 5.41) is 11.3. The van der Waals surface area contributed by atoms with E-state index in [1.165, 1.54) is 19.2 Å². The normalized spacial score (nSPS) is 12.4. The molecule has 0 unspecified atom stereocenters. The average Bonchev–Trinajstić information content (AvgIpc) is 2.14. The third-order valence-electron chi connectivity index (χ3n) is 1.74. The molecule has 1 heterocycles. The summed E-state index contributed by atoms with van der Waals surface area (Å²) in [4.78, 5) is 14.1. The molecule has 2 N–H and O–H groups in total. The van der Waals surface area contributed by atoms with Crippen molar-refractivity contribution in [2.45, 2.75) is 19.5 Å². The molecule has 0 aliphatic heterocycles. The van der Waals surface area contributed by atoms with Gasteiger partial charge in [0.2, 0.25) is 0 Å². The fraction of sp³-hybridized carbons (Fsp3) is 0.333. The number of carbonyl (C=O) groups is 1. The number of rotatable bonds is 4. The molecule has 0 radical (unpaired) electrons. The first kappa shape index (κ1) is 10.6. The Morgan fingerprint density at radius 3 is 3.00 bits per heavy atom. The quantitative estimate of drug-likeness (QED) is 0.750. The monoisotopic (exact) mass is 198 g/mol. The van der Waals surface area contributed by atoms with Gasteiger partial charge in [0.1, 0.15) is 11.9 Å². The van der Waals surface area contributed by atoms with Gasteiger partial charge in [0.25, 0.3) is 0 Å². The van der Waals surface area contributed by atoms with E-state index in [1.54, 1.807) is 0 Å². The molecule has 1 aromatic rings. The Morgan fingerprint density at radius 2 is 2.43 bits per heavy atom. The second-order valence-electron chi connectivity index (χ2n) is 2.95. The van der Waals surface area contributed by atoms with E-state index in [9.17, 15) is 9.18 Å². The molecule has 14 heavy (non-hydrogen) atoms. The molecule has 0 saturated carbocycles. The lowest BCUT2D eigenvalue weighted by atomic mass is 10.2. The second kappa shape index (κ2) is 4.66. The molecule has 1 rings (SSSR count). The first-order valence-electron chi connectivity index (χ1n) is 4.15. The van der Waals surface area contributed by atoms with Crippen LogP contribution in [0, 0.1) is 5.82 Å². The molecule has 4 nitrogen and oxygen atoms in total. The fourth-order valence-corrected chi connectivity index (χ4v) is 0.911. The van der Waals surface area contributed by atoms with E-state index < -0.39 is 17.8 Å². The van der Waals surface area contributed by atoms with Crippen molar-refractivity contribution in [3.05, 3.63) is 29.8 Å². The highest BCUT2D eigenvalue weighted by atomic mass is 19.1. The van der Waals surface area contributed by atoms with Crippen molar-refractivity contribution in [3.8, 4) is 0 Å². The Kier molecular flexibility index (Phi) is 3.53. The van der Waals surface area contributed by atoms with Gasteiger partial charge in [-0.1, -0.05) is 0 Å². The van der Waals surface area contributed by atoms with Gasteiger partial charge in [0.05, 0.1) is 6.20 Å². The lowest BCUT2D eigenvalue weighted by Gasteiger charge is -2.08. The molecule has 0 aliphatic rings. The first-order chi connectivity index (χ1) is 6.59. The zero-order chi connectivity index (χ0) is 10.6. The highest BCUT2D eigenvalue weighted by Crippen LogP contribution is 2.00. The number of halogens is 1. The molecule has 0 bridgehead atoms. The third kappa shape index (κ3) is 3.10. The van der Waals surface area contributed by atoms with Crippen LogP contribution in [0.4, 0.5) is 4.39 Å². The van der Waals surface area contributed by atoms with Gasteiger partial charge in [0, 0.05) is 12.7 Å². The first-order valence-corrected chi connectivity index (χ1v) is 4.15. The van der Waals surface area contributed by atoms with Gasteiger partial charge in [-0.25, -0.2) is 4.39 Å². The standard InChI is InChI=1S/C9H11FN2O2/c1-6(9(13)14)12-4-7-2-8(10)5-11-3-7/h2-3,5-6,12H,4H2,1H3,(H,13,14)/t6-/m0/s1. The summed E-state index contributed by atoms with van der Waals surface area (Å²) in [6.45, 7) is 1.81. The second-order valence-corrected chi connectivity index (χ2v) is 2.95. The van der Waals surface area contributed by atoms with Crippen molar-refractivity contribution in [3.63, 3.8) is 0 Å². The van der Waals surface area contributed by atoms with Gasteiger partial charge in [-0.15, -0.1) is 0 Å². The van der Waals surface area contributed by atoms with E-state index in [2.05, 4.69) is 10.3 Å². The van der Waals surface area contributed by atoms with E-state index in [-0.39, 0.29) is 6.54 Å². The number of nitrogens with zero attached hydrogens (tertiary/aromatic N) is 1. The van der Waals surface area contributed by atoms with Crippen molar-refractivity contribution in [2.24, 2.45) is 0 Å². The van der Waals surface area contributed by atoms with Crippen LogP contribution in [0.3, 0.4) is 0 Å². The lowest BCUT2D eigenvalue weighted by Crippen LogP contribution is -2.33. The van der Waals surface area contributed by atoms with E-state index in [4.69, 9.17) is 5.11 Å². The molecule has 0 amide bonds. The van der Waals surface area contributed by atoms with Crippen LogP contribution in [0.15, 0.2) is 18.5 Å². The van der Waals surface area contributed by atoms with Crippen LogP contribution in [0.5, 0.6) is 0 Å². The van der Waals surface area contributed by atoms with Crippen LogP contribution in [-0.2, 0) is 11.3 Å². The Balaban J connectivity index is 2.49. The average molecular weight is 198 g/mol. The SMILES string of the molecule is C[C@H](NCc1cncc(F)c1)C(=O)O. The van der Waals surface area contributed by atoms with Gasteiger partial charge in [-0.05, 0) is 18.6 Å². The smallest absolute Gasteiger partial charge is 0.320 e. The summed E-state index contributed by atoms with van der Waals surface area (Å²) in [7, 11) is 0. The van der Waals surface area contributed by atoms with Gasteiger partial charge >= 0.3 is 5.97 Å². The van der Waals surface area contributed by atoms with Crippen molar-refractivity contribution in [1.82, 2.24) is 10.3 Å². The lowest BCUT2D eigenvalue weighted by molar-refractivity contribution is -0.139. The number of pyridine rings is 1. The molecule has 1 aromatic heterocycles. The molecule has 76 valence electrons. The number of hydrogen-bond donors (Lipinski definition) is 2. The molecule has 0 aliphatic carbocycles. The summed E-state index contributed by atoms with van der Waals surface area (Å²) in [6.07, 6.45) is 2.59. The molecule has 5 heteroatoms. The van der Waals surface area contributed by atoms with Crippen LogP contribution in [0.2, 0.25) is 0 Å². The number of carboxylic acid groups (broad SMARTS) is 1. The number of aromatic nitrogens is 1. The molecular formula is C9H11FN2O2. The van der Waals surface area contributed by atoms with Crippen LogP contribution in [0.25, 0.3) is 0 Å². The summed E-state index contributed by atoms with van der Waals surface area (Å²) < 4.78 is 12.6. The van der Waals surface area contributed by atoms with Crippen LogP contribution in [-0.4, -0.2) is 22.1 Å². The maximum absolute atomic E-state index is 12.6. The highest BCUT2D eigenvalue weighted by Gasteiger charge is 2.09. The molecule has 0 aromatic carbocycles. The topological polar surface area (TPSA) is 62.2 Å². The predicted octanol–water partition coefficient (Wildman–Crippen LogP) is 0.783. The summed E-state index contributed by atoms with van der Waals surface area (Å²) in [5.74, 6) is -1.36. The fourth-order valence-electron chi connectivity index (χ4n) is 0.911. The number of carboxylic acids is 1. The van der Waals surface area contributed by atoms with Crippen LogP contribution in [0.1, 0.15) is 12.5 Å². The largest absolute Gasteiger partial charge is 0.480 e. The zero-order valence-corrected chi connectivity index (χ0v) is 7.70. The van der Waals surface area contributed by atoms with E-state index in [0.717, 1.165) is 6.20 Å².